The lowest BCUT2D eigenvalue weighted by molar-refractivity contribution is -0.0480. The Kier molecular flexibility index (Phi) is 4.43. The lowest BCUT2D eigenvalue weighted by Crippen LogP contribution is -2.55. The summed E-state index contributed by atoms with van der Waals surface area (Å²) in [7, 11) is 0. The smallest absolute Gasteiger partial charge is 0.330 e. The number of aliphatic hydroxyl groups excluding tert-OH is 2. The van der Waals surface area contributed by atoms with E-state index < -0.39 is 54.3 Å². The molecule has 1 aliphatic rings. The Bertz CT molecular complexity index is 737. The van der Waals surface area contributed by atoms with Crippen molar-refractivity contribution in [1.82, 2.24) is 9.55 Å². The highest BCUT2D eigenvalue weighted by Gasteiger charge is 2.54. The van der Waals surface area contributed by atoms with E-state index in [9.17, 15) is 23.5 Å². The number of hydrogen-bond acceptors (Lipinski definition) is 6. The first-order valence-corrected chi connectivity index (χ1v) is 6.15. The summed E-state index contributed by atoms with van der Waals surface area (Å²) in [5.74, 6) is 2.94. The first-order chi connectivity index (χ1) is 10.3. The Morgan fingerprint density at radius 3 is 2.82 bits per heavy atom. The van der Waals surface area contributed by atoms with Crippen LogP contribution in [-0.2, 0) is 4.74 Å². The van der Waals surface area contributed by atoms with Gasteiger partial charge in [0.1, 0.15) is 18.9 Å². The van der Waals surface area contributed by atoms with Crippen molar-refractivity contribution >= 4 is 0 Å². The summed E-state index contributed by atoms with van der Waals surface area (Å²) >= 11 is 0. The summed E-state index contributed by atoms with van der Waals surface area (Å²) in [6.07, 6.45) is -3.77. The van der Waals surface area contributed by atoms with Gasteiger partial charge in [0, 0.05) is 0 Å². The minimum absolute atomic E-state index is 0.539. The van der Waals surface area contributed by atoms with Crippen LogP contribution in [-0.4, -0.2) is 50.8 Å². The van der Waals surface area contributed by atoms with E-state index >= 15 is 0 Å². The number of nitrogens with one attached hydrogen (secondary N) is 1. The number of alkyl halides is 1. The van der Waals surface area contributed by atoms with Crippen LogP contribution in [0.3, 0.4) is 0 Å². The summed E-state index contributed by atoms with van der Waals surface area (Å²) in [5, 5.41) is 19.2. The molecule has 2 heterocycles. The topological polar surface area (TPSA) is 131 Å². The zero-order chi connectivity index (χ0) is 16.5. The van der Waals surface area contributed by atoms with Crippen LogP contribution in [0.2, 0.25) is 0 Å². The Balaban J connectivity index is 2.59. The number of aromatic amines is 1. The molecule has 0 bridgehead atoms. The molecule has 2 unspecified atom stereocenters. The molecule has 1 saturated heterocycles. The lowest BCUT2D eigenvalue weighted by atomic mass is 9.91. The standard InChI is InChI=1S/C12H13F2N3O5/c13-3-1-2-12(15)8(19)7(5-18)22-10(12)17-4-6(14)9(20)16-11(17)21/h4,7-8,10,18-19H,3,5,15H2,(H,16,20,21)/t7-,8?,10?,12-/m1/s1. The maximum Gasteiger partial charge on any atom is 0.330 e. The van der Waals surface area contributed by atoms with E-state index in [2.05, 4.69) is 5.92 Å². The van der Waals surface area contributed by atoms with Gasteiger partial charge in [0.25, 0.3) is 5.56 Å². The summed E-state index contributed by atoms with van der Waals surface area (Å²) in [6, 6.07) is 0. The first-order valence-electron chi connectivity index (χ1n) is 6.15. The number of nitrogens with two attached hydrogens (primary N) is 1. The number of H-pyrrole nitrogens is 1. The summed E-state index contributed by atoms with van der Waals surface area (Å²) in [5.41, 5.74) is 1.61. The number of rotatable bonds is 2. The number of aromatic nitrogens is 2. The van der Waals surface area contributed by atoms with Crippen LogP contribution < -0.4 is 17.0 Å². The second-order valence-corrected chi connectivity index (χ2v) is 4.67. The molecule has 1 fully saturated rings. The average molecular weight is 317 g/mol. The van der Waals surface area contributed by atoms with Gasteiger partial charge >= 0.3 is 5.69 Å². The van der Waals surface area contributed by atoms with Crippen LogP contribution in [0.5, 0.6) is 0 Å². The van der Waals surface area contributed by atoms with Crippen molar-refractivity contribution in [3.63, 3.8) is 0 Å². The lowest BCUT2D eigenvalue weighted by Gasteiger charge is -2.27. The van der Waals surface area contributed by atoms with E-state index in [-0.39, 0.29) is 0 Å². The molecule has 1 aromatic heterocycles. The molecule has 5 N–H and O–H groups in total. The van der Waals surface area contributed by atoms with Crippen molar-refractivity contribution in [3.05, 3.63) is 32.9 Å². The van der Waals surface area contributed by atoms with Gasteiger partial charge in [-0.3, -0.25) is 14.3 Å². The van der Waals surface area contributed by atoms with Gasteiger partial charge in [0.05, 0.1) is 12.8 Å². The van der Waals surface area contributed by atoms with Gasteiger partial charge in [0.15, 0.2) is 11.8 Å². The van der Waals surface area contributed by atoms with E-state index in [1.807, 2.05) is 5.92 Å². The molecule has 10 heteroatoms. The van der Waals surface area contributed by atoms with Gasteiger partial charge in [-0.1, -0.05) is 11.8 Å². The predicted octanol–water partition coefficient (Wildman–Crippen LogP) is -2.40. The SMILES string of the molecule is N[C@]1(C#CCF)C(O)[C@@H](CO)OC1n1cc(F)c(=O)[nH]c1=O. The van der Waals surface area contributed by atoms with Crippen LogP contribution >= 0.6 is 0 Å². The van der Waals surface area contributed by atoms with Crippen LogP contribution in [0.15, 0.2) is 15.8 Å². The van der Waals surface area contributed by atoms with E-state index in [0.717, 1.165) is 0 Å². The Morgan fingerprint density at radius 1 is 1.55 bits per heavy atom. The average Bonchev–Trinajstić information content (AvgIpc) is 2.73. The molecule has 22 heavy (non-hydrogen) atoms. The molecule has 8 nitrogen and oxygen atoms in total. The number of aliphatic hydroxyl groups is 2. The first kappa shape index (κ1) is 16.3. The number of hydrogen-bond donors (Lipinski definition) is 4. The molecule has 0 spiro atoms. The van der Waals surface area contributed by atoms with Crippen molar-refractivity contribution in [2.75, 3.05) is 13.3 Å². The van der Waals surface area contributed by atoms with Gasteiger partial charge in [-0.15, -0.1) is 0 Å². The Morgan fingerprint density at radius 2 is 2.23 bits per heavy atom. The van der Waals surface area contributed by atoms with Gasteiger partial charge < -0.3 is 20.7 Å². The van der Waals surface area contributed by atoms with E-state index in [1.165, 1.54) is 0 Å². The molecule has 1 aromatic rings. The third-order valence-electron chi connectivity index (χ3n) is 3.28. The predicted molar refractivity (Wildman–Crippen MR) is 69.0 cm³/mol. The summed E-state index contributed by atoms with van der Waals surface area (Å²) < 4.78 is 31.5. The normalized spacial score (nSPS) is 30.9. The molecule has 1 aliphatic heterocycles. The van der Waals surface area contributed by atoms with E-state index in [1.54, 1.807) is 4.98 Å². The zero-order valence-electron chi connectivity index (χ0n) is 11.1. The highest BCUT2D eigenvalue weighted by molar-refractivity contribution is 5.26. The van der Waals surface area contributed by atoms with Crippen LogP contribution in [0.4, 0.5) is 8.78 Å². The molecule has 0 aromatic carbocycles. The number of halogens is 2. The van der Waals surface area contributed by atoms with Crippen LogP contribution in [0.25, 0.3) is 0 Å². The molecular weight excluding hydrogens is 304 g/mol. The summed E-state index contributed by atoms with van der Waals surface area (Å²) in [6.45, 7) is -1.73. The fourth-order valence-corrected chi connectivity index (χ4v) is 2.20. The van der Waals surface area contributed by atoms with Gasteiger partial charge in [-0.2, -0.15) is 4.39 Å². The maximum atomic E-state index is 13.4. The second-order valence-electron chi connectivity index (χ2n) is 4.67. The van der Waals surface area contributed by atoms with E-state index in [4.69, 9.17) is 15.6 Å². The molecule has 2 rings (SSSR count). The van der Waals surface area contributed by atoms with Crippen molar-refractivity contribution in [2.45, 2.75) is 24.0 Å². The fraction of sp³-hybridized carbons (Fsp3) is 0.500. The van der Waals surface area contributed by atoms with Crippen LogP contribution in [0, 0.1) is 17.7 Å². The molecule has 0 saturated carbocycles. The van der Waals surface area contributed by atoms with Crippen LogP contribution in [0.1, 0.15) is 6.23 Å². The maximum absolute atomic E-state index is 13.4. The highest BCUT2D eigenvalue weighted by Crippen LogP contribution is 2.35. The minimum atomic E-state index is -1.98. The Labute approximate surface area is 122 Å². The summed E-state index contributed by atoms with van der Waals surface area (Å²) in [4.78, 5) is 24.5. The third kappa shape index (κ3) is 2.55. The number of nitrogens with zero attached hydrogens (tertiary/aromatic N) is 1. The molecule has 0 amide bonds. The van der Waals surface area contributed by atoms with Crippen molar-refractivity contribution in [1.29, 1.82) is 0 Å². The van der Waals surface area contributed by atoms with Gasteiger partial charge in [-0.05, 0) is 0 Å². The molecular formula is C12H13F2N3O5. The van der Waals surface area contributed by atoms with Gasteiger partial charge in [-0.25, -0.2) is 9.18 Å². The zero-order valence-corrected chi connectivity index (χ0v) is 11.1. The quantitative estimate of drug-likeness (QED) is 0.450. The molecule has 120 valence electrons. The molecule has 4 atom stereocenters. The highest BCUT2D eigenvalue weighted by atomic mass is 19.1. The van der Waals surface area contributed by atoms with Crippen molar-refractivity contribution < 1.29 is 23.7 Å². The fourth-order valence-electron chi connectivity index (χ4n) is 2.20. The molecule has 0 aliphatic carbocycles. The molecule has 0 radical (unpaired) electrons. The largest absolute Gasteiger partial charge is 0.394 e. The van der Waals surface area contributed by atoms with Gasteiger partial charge in [0.2, 0.25) is 5.82 Å². The third-order valence-corrected chi connectivity index (χ3v) is 3.28. The monoisotopic (exact) mass is 317 g/mol. The Hall–Kier alpha value is -2.06. The minimum Gasteiger partial charge on any atom is -0.394 e. The van der Waals surface area contributed by atoms with Crippen molar-refractivity contribution in [2.24, 2.45) is 5.73 Å². The number of ether oxygens (including phenoxy) is 1. The van der Waals surface area contributed by atoms with Crippen molar-refractivity contribution in [3.8, 4) is 11.8 Å². The second kappa shape index (κ2) is 5.98. The van der Waals surface area contributed by atoms with E-state index in [0.29, 0.717) is 10.8 Å².